The lowest BCUT2D eigenvalue weighted by atomic mass is 10.0. The molecule has 0 radical (unpaired) electrons. The van der Waals surface area contributed by atoms with Crippen LogP contribution in [0, 0.1) is 0 Å². The molecule has 52 valence electrons. The van der Waals surface area contributed by atoms with Crippen molar-refractivity contribution >= 4 is 12.4 Å². The zero-order valence-electron chi connectivity index (χ0n) is 5.35. The van der Waals surface area contributed by atoms with Gasteiger partial charge in [0.25, 0.3) is 0 Å². The summed E-state index contributed by atoms with van der Waals surface area (Å²) in [7, 11) is 0. The second-order valence-electron chi connectivity index (χ2n) is 2.46. The second-order valence-corrected chi connectivity index (χ2v) is 2.46. The molecule has 0 atom stereocenters. The Kier molecular flexibility index (Phi) is 5.71. The molecule has 3 heteroatoms. The maximum atomic E-state index is 8.32. The van der Waals surface area contributed by atoms with E-state index in [0.29, 0.717) is 6.42 Å². The summed E-state index contributed by atoms with van der Waals surface area (Å²) < 4.78 is 0. The molecule has 0 aromatic carbocycles. The maximum absolute atomic E-state index is 8.32. The summed E-state index contributed by atoms with van der Waals surface area (Å²) in [6.45, 7) is 3.97. The molecule has 0 amide bonds. The van der Waals surface area contributed by atoms with Crippen LogP contribution in [0.15, 0.2) is 0 Å². The van der Waals surface area contributed by atoms with Gasteiger partial charge in [0.05, 0.1) is 0 Å². The fourth-order valence-corrected chi connectivity index (χ4v) is 0.288. The number of aliphatic hydroxyl groups excluding tert-OH is 1. The van der Waals surface area contributed by atoms with E-state index < -0.39 is 0 Å². The molecule has 0 unspecified atom stereocenters. The Morgan fingerprint density at radius 3 is 1.88 bits per heavy atom. The fourth-order valence-electron chi connectivity index (χ4n) is 0.288. The van der Waals surface area contributed by atoms with Gasteiger partial charge in [-0.3, -0.25) is 0 Å². The Balaban J connectivity index is 0. The average molecular weight is 140 g/mol. The second kappa shape index (κ2) is 4.13. The topological polar surface area (TPSA) is 46.2 Å². The molecule has 0 saturated carbocycles. The molecule has 3 N–H and O–H groups in total. The van der Waals surface area contributed by atoms with Crippen LogP contribution < -0.4 is 5.73 Å². The van der Waals surface area contributed by atoms with Gasteiger partial charge < -0.3 is 10.8 Å². The predicted molar refractivity (Wildman–Crippen MR) is 37.2 cm³/mol. The molecule has 0 spiro atoms. The Morgan fingerprint density at radius 2 is 1.88 bits per heavy atom. The lowest BCUT2D eigenvalue weighted by Crippen LogP contribution is -2.32. The van der Waals surface area contributed by atoms with Crippen molar-refractivity contribution in [1.82, 2.24) is 0 Å². The standard InChI is InChI=1S/C5H13NO.ClH/c1-5(2,6)3-4-7;/h7H,3-4,6H2,1-2H3;1H. The maximum Gasteiger partial charge on any atom is 0.0448 e. The third-order valence-corrected chi connectivity index (χ3v) is 0.756. The van der Waals surface area contributed by atoms with E-state index in [2.05, 4.69) is 0 Å². The predicted octanol–water partition coefficient (Wildman–Crippen LogP) is 0.528. The summed E-state index contributed by atoms with van der Waals surface area (Å²) in [4.78, 5) is 0. The van der Waals surface area contributed by atoms with E-state index >= 15 is 0 Å². The first-order chi connectivity index (χ1) is 3.06. The number of hydrogen-bond donors (Lipinski definition) is 2. The molecule has 2 nitrogen and oxygen atoms in total. The number of hydrogen-bond acceptors (Lipinski definition) is 2. The minimum absolute atomic E-state index is 0. The molecule has 0 bridgehead atoms. The molecule has 0 heterocycles. The number of nitrogens with two attached hydrogens (primary N) is 1. The van der Waals surface area contributed by atoms with Gasteiger partial charge in [0, 0.05) is 12.1 Å². The molecular formula is C5H14ClNO. The molecule has 8 heavy (non-hydrogen) atoms. The fraction of sp³-hybridized carbons (Fsp3) is 1.00. The third kappa shape index (κ3) is 9.51. The molecule has 0 aliphatic heterocycles. The van der Waals surface area contributed by atoms with Gasteiger partial charge in [-0.2, -0.15) is 0 Å². The Morgan fingerprint density at radius 1 is 1.50 bits per heavy atom. The van der Waals surface area contributed by atoms with Crippen LogP contribution in [-0.4, -0.2) is 17.3 Å². The minimum atomic E-state index is -0.200. The van der Waals surface area contributed by atoms with Crippen molar-refractivity contribution in [1.29, 1.82) is 0 Å². The van der Waals surface area contributed by atoms with Crippen LogP contribution in [0.1, 0.15) is 20.3 Å². The summed E-state index contributed by atoms with van der Waals surface area (Å²) in [5, 5.41) is 8.32. The largest absolute Gasteiger partial charge is 0.396 e. The van der Waals surface area contributed by atoms with Crippen molar-refractivity contribution in [2.24, 2.45) is 5.73 Å². The molecule has 0 aromatic heterocycles. The van der Waals surface area contributed by atoms with Crippen molar-refractivity contribution in [3.05, 3.63) is 0 Å². The van der Waals surface area contributed by atoms with Gasteiger partial charge in [0.2, 0.25) is 0 Å². The Hall–Kier alpha value is 0.210. The smallest absolute Gasteiger partial charge is 0.0448 e. The molecule has 0 saturated heterocycles. The minimum Gasteiger partial charge on any atom is -0.396 e. The first kappa shape index (κ1) is 11.1. The summed E-state index contributed by atoms with van der Waals surface area (Å²) in [6, 6.07) is 0. The summed E-state index contributed by atoms with van der Waals surface area (Å²) in [6.07, 6.45) is 0.674. The normalized spacial score (nSPS) is 10.5. The highest BCUT2D eigenvalue weighted by atomic mass is 35.5. The van der Waals surface area contributed by atoms with E-state index in [1.54, 1.807) is 0 Å². The van der Waals surface area contributed by atoms with Gasteiger partial charge in [-0.05, 0) is 20.3 Å². The summed E-state index contributed by atoms with van der Waals surface area (Å²) in [5.41, 5.74) is 5.29. The van der Waals surface area contributed by atoms with Crippen molar-refractivity contribution < 1.29 is 5.11 Å². The van der Waals surface area contributed by atoms with Crippen molar-refractivity contribution in [3.63, 3.8) is 0 Å². The average Bonchev–Trinajstić information content (AvgIpc) is 1.30. The van der Waals surface area contributed by atoms with E-state index in [0.717, 1.165) is 0 Å². The SMILES string of the molecule is CC(C)(N)CCO.Cl. The van der Waals surface area contributed by atoms with Crippen LogP contribution in [0.2, 0.25) is 0 Å². The van der Waals surface area contributed by atoms with Gasteiger partial charge >= 0.3 is 0 Å². The van der Waals surface area contributed by atoms with E-state index in [1.807, 2.05) is 13.8 Å². The van der Waals surface area contributed by atoms with E-state index in [4.69, 9.17) is 10.8 Å². The zero-order valence-corrected chi connectivity index (χ0v) is 6.16. The lowest BCUT2D eigenvalue weighted by Gasteiger charge is -2.15. The molecule has 0 aromatic rings. The van der Waals surface area contributed by atoms with E-state index in [-0.39, 0.29) is 24.6 Å². The van der Waals surface area contributed by atoms with Crippen LogP contribution in [0.4, 0.5) is 0 Å². The molecule has 0 fully saturated rings. The Labute approximate surface area is 56.5 Å². The first-order valence-corrected chi connectivity index (χ1v) is 2.46. The summed E-state index contributed by atoms with van der Waals surface area (Å²) >= 11 is 0. The quantitative estimate of drug-likeness (QED) is 0.586. The highest BCUT2D eigenvalue weighted by Crippen LogP contribution is 1.99. The van der Waals surface area contributed by atoms with Crippen molar-refractivity contribution in [2.45, 2.75) is 25.8 Å². The van der Waals surface area contributed by atoms with Gasteiger partial charge in [0.1, 0.15) is 0 Å². The van der Waals surface area contributed by atoms with Crippen LogP contribution >= 0.6 is 12.4 Å². The molecule has 0 aliphatic rings. The molecular weight excluding hydrogens is 126 g/mol. The van der Waals surface area contributed by atoms with Crippen molar-refractivity contribution in [2.75, 3.05) is 6.61 Å². The Bertz CT molecular complexity index is 50.9. The van der Waals surface area contributed by atoms with Crippen LogP contribution in [0.5, 0.6) is 0 Å². The third-order valence-electron chi connectivity index (χ3n) is 0.756. The molecule has 0 rings (SSSR count). The monoisotopic (exact) mass is 139 g/mol. The van der Waals surface area contributed by atoms with Crippen LogP contribution in [-0.2, 0) is 0 Å². The summed E-state index contributed by atoms with van der Waals surface area (Å²) in [5.74, 6) is 0. The number of rotatable bonds is 2. The first-order valence-electron chi connectivity index (χ1n) is 2.46. The van der Waals surface area contributed by atoms with Gasteiger partial charge in [-0.25, -0.2) is 0 Å². The van der Waals surface area contributed by atoms with Gasteiger partial charge in [-0.1, -0.05) is 0 Å². The number of aliphatic hydroxyl groups is 1. The van der Waals surface area contributed by atoms with Crippen molar-refractivity contribution in [3.8, 4) is 0 Å². The van der Waals surface area contributed by atoms with E-state index in [9.17, 15) is 0 Å². The van der Waals surface area contributed by atoms with Crippen LogP contribution in [0.3, 0.4) is 0 Å². The highest BCUT2D eigenvalue weighted by Gasteiger charge is 2.07. The van der Waals surface area contributed by atoms with Crippen LogP contribution in [0.25, 0.3) is 0 Å². The lowest BCUT2D eigenvalue weighted by molar-refractivity contribution is 0.254. The highest BCUT2D eigenvalue weighted by molar-refractivity contribution is 5.85. The number of halogens is 1. The van der Waals surface area contributed by atoms with Gasteiger partial charge in [-0.15, -0.1) is 12.4 Å². The van der Waals surface area contributed by atoms with Gasteiger partial charge in [0.15, 0.2) is 0 Å². The molecule has 0 aliphatic carbocycles. The zero-order chi connectivity index (χ0) is 5.91. The van der Waals surface area contributed by atoms with E-state index in [1.165, 1.54) is 0 Å².